The van der Waals surface area contributed by atoms with Crippen molar-refractivity contribution in [1.82, 2.24) is 9.62 Å². The molecule has 1 N–H and O–H groups in total. The van der Waals surface area contributed by atoms with Gasteiger partial charge in [0.05, 0.1) is 17.6 Å². The number of carbonyl (C=O) groups is 1. The minimum Gasteiger partial charge on any atom is -0.375 e. The van der Waals surface area contributed by atoms with Crippen molar-refractivity contribution in [3.8, 4) is 0 Å². The first-order valence-corrected chi connectivity index (χ1v) is 8.54. The Bertz CT molecular complexity index is 640. The van der Waals surface area contributed by atoms with Gasteiger partial charge in [-0.05, 0) is 31.2 Å². The van der Waals surface area contributed by atoms with E-state index < -0.39 is 10.0 Å². The SMILES string of the molecule is C=CCNS(=O)(=O)c1ccc(C(=O)N2CCOC(C)C2)cc1. The fourth-order valence-electron chi connectivity index (χ4n) is 2.21. The number of amides is 1. The number of benzene rings is 1. The Morgan fingerprint density at radius 2 is 2.14 bits per heavy atom. The average Bonchev–Trinajstić information content (AvgIpc) is 2.52. The summed E-state index contributed by atoms with van der Waals surface area (Å²) in [6.07, 6.45) is 1.48. The van der Waals surface area contributed by atoms with Crippen LogP contribution in [0.25, 0.3) is 0 Å². The van der Waals surface area contributed by atoms with E-state index in [1.165, 1.54) is 30.3 Å². The van der Waals surface area contributed by atoms with Crippen molar-refractivity contribution in [2.45, 2.75) is 17.9 Å². The molecule has 6 nitrogen and oxygen atoms in total. The Labute approximate surface area is 130 Å². The molecule has 1 amide bonds. The van der Waals surface area contributed by atoms with Crippen molar-refractivity contribution in [1.29, 1.82) is 0 Å². The first kappa shape index (κ1) is 16.7. The van der Waals surface area contributed by atoms with E-state index in [0.717, 1.165) is 0 Å². The predicted molar refractivity (Wildman–Crippen MR) is 83.1 cm³/mol. The van der Waals surface area contributed by atoms with Crippen LogP contribution in [0.3, 0.4) is 0 Å². The number of rotatable bonds is 5. The number of sulfonamides is 1. The van der Waals surface area contributed by atoms with Crippen LogP contribution in [0.2, 0.25) is 0 Å². The quantitative estimate of drug-likeness (QED) is 0.820. The van der Waals surface area contributed by atoms with Crippen LogP contribution >= 0.6 is 0 Å². The summed E-state index contributed by atoms with van der Waals surface area (Å²) in [6, 6.07) is 5.93. The molecule has 0 bridgehead atoms. The zero-order chi connectivity index (χ0) is 16.2. The minimum atomic E-state index is -3.56. The molecule has 0 spiro atoms. The summed E-state index contributed by atoms with van der Waals surface area (Å²) < 4.78 is 31.7. The molecule has 2 rings (SSSR count). The highest BCUT2D eigenvalue weighted by Gasteiger charge is 2.23. The summed E-state index contributed by atoms with van der Waals surface area (Å²) in [5.41, 5.74) is 0.469. The summed E-state index contributed by atoms with van der Waals surface area (Å²) in [6.45, 7) is 7.15. The molecule has 1 aliphatic rings. The highest BCUT2D eigenvalue weighted by molar-refractivity contribution is 7.89. The van der Waals surface area contributed by atoms with Gasteiger partial charge in [0.25, 0.3) is 5.91 Å². The summed E-state index contributed by atoms with van der Waals surface area (Å²) in [7, 11) is -3.56. The van der Waals surface area contributed by atoms with Crippen LogP contribution < -0.4 is 4.72 Å². The molecule has 1 fully saturated rings. The van der Waals surface area contributed by atoms with Gasteiger partial charge in [0.2, 0.25) is 10.0 Å². The van der Waals surface area contributed by atoms with Crippen LogP contribution in [0.5, 0.6) is 0 Å². The average molecular weight is 324 g/mol. The van der Waals surface area contributed by atoms with Crippen molar-refractivity contribution in [2.24, 2.45) is 0 Å². The van der Waals surface area contributed by atoms with Crippen molar-refractivity contribution in [2.75, 3.05) is 26.2 Å². The lowest BCUT2D eigenvalue weighted by Gasteiger charge is -2.31. The van der Waals surface area contributed by atoms with Gasteiger partial charge in [-0.25, -0.2) is 13.1 Å². The van der Waals surface area contributed by atoms with Gasteiger partial charge in [-0.1, -0.05) is 6.08 Å². The van der Waals surface area contributed by atoms with Crippen molar-refractivity contribution >= 4 is 15.9 Å². The topological polar surface area (TPSA) is 75.7 Å². The number of hydrogen-bond acceptors (Lipinski definition) is 4. The summed E-state index contributed by atoms with van der Waals surface area (Å²) in [4.78, 5) is 14.2. The number of nitrogens with one attached hydrogen (secondary N) is 1. The molecule has 1 aromatic rings. The second-order valence-electron chi connectivity index (χ2n) is 5.10. The summed E-state index contributed by atoms with van der Waals surface area (Å²) in [5.74, 6) is -0.113. The van der Waals surface area contributed by atoms with Gasteiger partial charge >= 0.3 is 0 Å². The highest BCUT2D eigenvalue weighted by Crippen LogP contribution is 2.14. The molecule has 0 saturated carbocycles. The molecule has 1 saturated heterocycles. The summed E-state index contributed by atoms with van der Waals surface area (Å²) in [5, 5.41) is 0. The monoisotopic (exact) mass is 324 g/mol. The molecule has 1 unspecified atom stereocenters. The van der Waals surface area contributed by atoms with E-state index in [0.29, 0.717) is 25.3 Å². The Hall–Kier alpha value is -1.70. The molecule has 1 aromatic carbocycles. The molecule has 0 radical (unpaired) electrons. The van der Waals surface area contributed by atoms with Gasteiger partial charge in [-0.15, -0.1) is 6.58 Å². The molecule has 1 atom stereocenters. The Kier molecular flexibility index (Phi) is 5.33. The largest absolute Gasteiger partial charge is 0.375 e. The zero-order valence-corrected chi connectivity index (χ0v) is 13.3. The fourth-order valence-corrected chi connectivity index (χ4v) is 3.21. The van der Waals surface area contributed by atoms with E-state index in [9.17, 15) is 13.2 Å². The third-order valence-electron chi connectivity index (χ3n) is 3.36. The van der Waals surface area contributed by atoms with Crippen LogP contribution in [0.4, 0.5) is 0 Å². The molecule has 0 aliphatic carbocycles. The third-order valence-corrected chi connectivity index (χ3v) is 4.80. The number of carbonyl (C=O) groups excluding carboxylic acids is 1. The molecular formula is C15H20N2O4S. The lowest BCUT2D eigenvalue weighted by molar-refractivity contribution is -0.0124. The predicted octanol–water partition coefficient (Wildman–Crippen LogP) is 1.01. The first-order valence-electron chi connectivity index (χ1n) is 7.05. The molecule has 1 heterocycles. The smallest absolute Gasteiger partial charge is 0.254 e. The number of ether oxygens (including phenoxy) is 1. The molecule has 22 heavy (non-hydrogen) atoms. The maximum atomic E-state index is 12.4. The first-order chi connectivity index (χ1) is 10.4. The van der Waals surface area contributed by atoms with Crippen LogP contribution in [-0.4, -0.2) is 51.6 Å². The zero-order valence-electron chi connectivity index (χ0n) is 12.5. The highest BCUT2D eigenvalue weighted by atomic mass is 32.2. The number of hydrogen-bond donors (Lipinski definition) is 1. The Morgan fingerprint density at radius 1 is 1.45 bits per heavy atom. The maximum Gasteiger partial charge on any atom is 0.254 e. The summed E-state index contributed by atoms with van der Waals surface area (Å²) >= 11 is 0. The van der Waals surface area contributed by atoms with E-state index in [1.54, 1.807) is 4.90 Å². The molecule has 7 heteroatoms. The number of morpholine rings is 1. The minimum absolute atomic E-state index is 0.0143. The van der Waals surface area contributed by atoms with Crippen LogP contribution in [0, 0.1) is 0 Å². The van der Waals surface area contributed by atoms with E-state index in [1.807, 2.05) is 6.92 Å². The molecule has 1 aliphatic heterocycles. The Morgan fingerprint density at radius 3 is 2.73 bits per heavy atom. The van der Waals surface area contributed by atoms with Crippen molar-refractivity contribution in [3.63, 3.8) is 0 Å². The molecule has 120 valence electrons. The van der Waals surface area contributed by atoms with Gasteiger partial charge in [0.15, 0.2) is 0 Å². The van der Waals surface area contributed by atoms with Gasteiger partial charge in [-0.3, -0.25) is 4.79 Å². The van der Waals surface area contributed by atoms with E-state index in [-0.39, 0.29) is 23.5 Å². The van der Waals surface area contributed by atoms with Gasteiger partial charge in [0.1, 0.15) is 0 Å². The van der Waals surface area contributed by atoms with E-state index >= 15 is 0 Å². The van der Waals surface area contributed by atoms with Crippen molar-refractivity contribution in [3.05, 3.63) is 42.5 Å². The molecular weight excluding hydrogens is 304 g/mol. The van der Waals surface area contributed by atoms with Crippen LogP contribution in [0.1, 0.15) is 17.3 Å². The Balaban J connectivity index is 2.11. The van der Waals surface area contributed by atoms with Crippen molar-refractivity contribution < 1.29 is 17.9 Å². The normalized spacial score (nSPS) is 19.0. The van der Waals surface area contributed by atoms with E-state index in [4.69, 9.17) is 4.74 Å². The second-order valence-corrected chi connectivity index (χ2v) is 6.86. The molecule has 0 aromatic heterocycles. The van der Waals surface area contributed by atoms with Crippen LogP contribution in [0.15, 0.2) is 41.8 Å². The van der Waals surface area contributed by atoms with E-state index in [2.05, 4.69) is 11.3 Å². The fraction of sp³-hybridized carbons (Fsp3) is 0.400. The van der Waals surface area contributed by atoms with Gasteiger partial charge in [-0.2, -0.15) is 0 Å². The standard InChI is InChI=1S/C15H20N2O4S/c1-3-8-16-22(19,20)14-6-4-13(5-7-14)15(18)17-9-10-21-12(2)11-17/h3-7,12,16H,1,8-11H2,2H3. The lowest BCUT2D eigenvalue weighted by atomic mass is 10.2. The third kappa shape index (κ3) is 3.94. The maximum absolute atomic E-state index is 12.4. The van der Waals surface area contributed by atoms with Gasteiger partial charge < -0.3 is 9.64 Å². The van der Waals surface area contributed by atoms with Crippen LogP contribution in [-0.2, 0) is 14.8 Å². The van der Waals surface area contributed by atoms with Gasteiger partial charge in [0, 0.05) is 25.2 Å². The lowest BCUT2D eigenvalue weighted by Crippen LogP contribution is -2.44. The number of nitrogens with zero attached hydrogens (tertiary/aromatic N) is 1. The second kappa shape index (κ2) is 7.04.